The maximum atomic E-state index is 5.42. The maximum absolute atomic E-state index is 5.42. The lowest BCUT2D eigenvalue weighted by Gasteiger charge is -2.47. The van der Waals surface area contributed by atoms with E-state index in [4.69, 9.17) is 4.74 Å². The summed E-state index contributed by atoms with van der Waals surface area (Å²) >= 11 is 1.75. The molecule has 0 amide bonds. The van der Waals surface area contributed by atoms with Crippen LogP contribution in [0, 0.1) is 6.92 Å². The first kappa shape index (κ1) is 12.5. The molecule has 2 aromatic rings. The van der Waals surface area contributed by atoms with Crippen LogP contribution >= 0.6 is 11.3 Å². The SMILES string of the molecule is Cc1csc2c(N3CC(N4CCOCC4)C3)ncnc12. The molecule has 4 rings (SSSR count). The summed E-state index contributed by atoms with van der Waals surface area (Å²) in [5.74, 6) is 1.11. The van der Waals surface area contributed by atoms with Crippen LogP contribution < -0.4 is 4.90 Å². The van der Waals surface area contributed by atoms with Crippen molar-refractivity contribution in [1.82, 2.24) is 14.9 Å². The second kappa shape index (κ2) is 4.95. The molecule has 0 radical (unpaired) electrons. The van der Waals surface area contributed by atoms with Crippen molar-refractivity contribution in [2.24, 2.45) is 0 Å². The largest absolute Gasteiger partial charge is 0.379 e. The van der Waals surface area contributed by atoms with Gasteiger partial charge in [0, 0.05) is 32.2 Å². The normalized spacial score (nSPS) is 21.4. The zero-order valence-electron chi connectivity index (χ0n) is 11.6. The molecule has 2 saturated heterocycles. The summed E-state index contributed by atoms with van der Waals surface area (Å²) < 4.78 is 6.64. The van der Waals surface area contributed by atoms with Gasteiger partial charge in [-0.2, -0.15) is 0 Å². The van der Waals surface area contributed by atoms with Crippen molar-refractivity contribution in [1.29, 1.82) is 0 Å². The smallest absolute Gasteiger partial charge is 0.150 e. The van der Waals surface area contributed by atoms with Gasteiger partial charge in [0.1, 0.15) is 12.1 Å². The number of rotatable bonds is 2. The van der Waals surface area contributed by atoms with E-state index >= 15 is 0 Å². The van der Waals surface area contributed by atoms with Crippen LogP contribution in [0.15, 0.2) is 11.7 Å². The second-order valence-corrected chi connectivity index (χ2v) is 6.38. The van der Waals surface area contributed by atoms with E-state index in [1.165, 1.54) is 10.3 Å². The van der Waals surface area contributed by atoms with Gasteiger partial charge in [-0.05, 0) is 17.9 Å². The van der Waals surface area contributed by atoms with Gasteiger partial charge < -0.3 is 9.64 Å². The number of aromatic nitrogens is 2. The molecule has 2 aromatic heterocycles. The number of hydrogen-bond acceptors (Lipinski definition) is 6. The van der Waals surface area contributed by atoms with E-state index in [0.29, 0.717) is 6.04 Å². The number of ether oxygens (including phenoxy) is 1. The first-order valence-corrected chi connectivity index (χ1v) is 7.96. The van der Waals surface area contributed by atoms with Crippen molar-refractivity contribution < 1.29 is 4.74 Å². The van der Waals surface area contributed by atoms with E-state index < -0.39 is 0 Å². The highest BCUT2D eigenvalue weighted by Gasteiger charge is 2.34. The molecule has 4 heterocycles. The number of nitrogens with zero attached hydrogens (tertiary/aromatic N) is 4. The van der Waals surface area contributed by atoms with Crippen molar-refractivity contribution in [2.45, 2.75) is 13.0 Å². The molecule has 0 aliphatic carbocycles. The Bertz CT molecular complexity index is 617. The molecular weight excluding hydrogens is 272 g/mol. The number of thiophene rings is 1. The number of hydrogen-bond donors (Lipinski definition) is 0. The van der Waals surface area contributed by atoms with Crippen LogP contribution in [0.3, 0.4) is 0 Å². The van der Waals surface area contributed by atoms with Crippen molar-refractivity contribution in [2.75, 3.05) is 44.3 Å². The Balaban J connectivity index is 1.51. The summed E-state index contributed by atoms with van der Waals surface area (Å²) in [7, 11) is 0. The van der Waals surface area contributed by atoms with Crippen LogP contribution in [0.25, 0.3) is 10.2 Å². The third-order valence-corrected chi connectivity index (χ3v) is 5.32. The van der Waals surface area contributed by atoms with Crippen molar-refractivity contribution >= 4 is 27.4 Å². The Labute approximate surface area is 122 Å². The van der Waals surface area contributed by atoms with Gasteiger partial charge in [0.2, 0.25) is 0 Å². The first-order chi connectivity index (χ1) is 9.83. The van der Waals surface area contributed by atoms with Crippen molar-refractivity contribution in [3.63, 3.8) is 0 Å². The van der Waals surface area contributed by atoms with E-state index in [-0.39, 0.29) is 0 Å². The fraction of sp³-hybridized carbons (Fsp3) is 0.571. The lowest BCUT2D eigenvalue weighted by molar-refractivity contribution is 0.0105. The molecule has 0 N–H and O–H groups in total. The molecular formula is C14H18N4OS. The fourth-order valence-corrected chi connectivity index (χ4v) is 4.00. The Hall–Kier alpha value is -1.24. The molecule has 2 aliphatic heterocycles. The Kier molecular flexibility index (Phi) is 3.09. The molecule has 106 valence electrons. The number of morpholine rings is 1. The molecule has 0 aromatic carbocycles. The van der Waals surface area contributed by atoms with Gasteiger partial charge >= 0.3 is 0 Å². The van der Waals surface area contributed by atoms with Gasteiger partial charge in [0.05, 0.1) is 23.4 Å². The predicted molar refractivity (Wildman–Crippen MR) is 80.5 cm³/mol. The monoisotopic (exact) mass is 290 g/mol. The summed E-state index contributed by atoms with van der Waals surface area (Å²) in [6.45, 7) is 8.14. The minimum absolute atomic E-state index is 0.657. The lowest BCUT2D eigenvalue weighted by Crippen LogP contribution is -2.61. The summed E-state index contributed by atoms with van der Waals surface area (Å²) in [6.07, 6.45) is 1.69. The van der Waals surface area contributed by atoms with Crippen LogP contribution in [0.1, 0.15) is 5.56 Å². The average Bonchev–Trinajstić information content (AvgIpc) is 2.81. The summed E-state index contributed by atoms with van der Waals surface area (Å²) in [5.41, 5.74) is 2.36. The van der Waals surface area contributed by atoms with E-state index in [2.05, 4.69) is 32.1 Å². The molecule has 2 fully saturated rings. The molecule has 0 atom stereocenters. The maximum Gasteiger partial charge on any atom is 0.150 e. The number of fused-ring (bicyclic) bond motifs is 1. The topological polar surface area (TPSA) is 41.5 Å². The molecule has 0 unspecified atom stereocenters. The molecule has 0 spiro atoms. The van der Waals surface area contributed by atoms with Crippen LogP contribution in [-0.2, 0) is 4.74 Å². The van der Waals surface area contributed by atoms with Gasteiger partial charge in [-0.3, -0.25) is 4.90 Å². The summed E-state index contributed by atoms with van der Waals surface area (Å²) in [5, 5.41) is 2.17. The summed E-state index contributed by atoms with van der Waals surface area (Å²) in [4.78, 5) is 13.8. The van der Waals surface area contributed by atoms with E-state index in [0.717, 1.165) is 50.7 Å². The average molecular weight is 290 g/mol. The molecule has 5 nitrogen and oxygen atoms in total. The standard InChI is InChI=1S/C14H18N4OS/c1-10-8-20-13-12(10)15-9-16-14(13)18-6-11(7-18)17-2-4-19-5-3-17/h8-9,11H,2-7H2,1H3. The Morgan fingerprint density at radius 3 is 2.85 bits per heavy atom. The minimum atomic E-state index is 0.657. The highest BCUT2D eigenvalue weighted by Crippen LogP contribution is 2.33. The minimum Gasteiger partial charge on any atom is -0.379 e. The van der Waals surface area contributed by atoms with Crippen molar-refractivity contribution in [3.05, 3.63) is 17.3 Å². The number of aryl methyl sites for hydroxylation is 1. The Morgan fingerprint density at radius 2 is 2.05 bits per heavy atom. The fourth-order valence-electron chi connectivity index (χ4n) is 2.98. The van der Waals surface area contributed by atoms with Crippen LogP contribution in [0.4, 0.5) is 5.82 Å². The second-order valence-electron chi connectivity index (χ2n) is 5.50. The molecule has 6 heteroatoms. The zero-order chi connectivity index (χ0) is 13.5. The quantitative estimate of drug-likeness (QED) is 0.839. The summed E-state index contributed by atoms with van der Waals surface area (Å²) in [6, 6.07) is 0.657. The highest BCUT2D eigenvalue weighted by molar-refractivity contribution is 7.18. The van der Waals surface area contributed by atoms with Crippen LogP contribution in [0.2, 0.25) is 0 Å². The zero-order valence-corrected chi connectivity index (χ0v) is 12.4. The van der Waals surface area contributed by atoms with E-state index in [1.807, 2.05) is 0 Å². The Morgan fingerprint density at radius 1 is 1.25 bits per heavy atom. The van der Waals surface area contributed by atoms with Crippen LogP contribution in [-0.4, -0.2) is 60.3 Å². The lowest BCUT2D eigenvalue weighted by atomic mass is 10.1. The highest BCUT2D eigenvalue weighted by atomic mass is 32.1. The molecule has 20 heavy (non-hydrogen) atoms. The van der Waals surface area contributed by atoms with Gasteiger partial charge in [0.25, 0.3) is 0 Å². The molecule has 0 bridgehead atoms. The number of anilines is 1. The van der Waals surface area contributed by atoms with E-state index in [9.17, 15) is 0 Å². The van der Waals surface area contributed by atoms with E-state index in [1.54, 1.807) is 17.7 Å². The third-order valence-electron chi connectivity index (χ3n) is 4.24. The van der Waals surface area contributed by atoms with Gasteiger partial charge in [-0.1, -0.05) is 0 Å². The third kappa shape index (κ3) is 1.99. The van der Waals surface area contributed by atoms with Gasteiger partial charge in [-0.25, -0.2) is 9.97 Å². The van der Waals surface area contributed by atoms with Crippen molar-refractivity contribution in [3.8, 4) is 0 Å². The van der Waals surface area contributed by atoms with Gasteiger partial charge in [0.15, 0.2) is 0 Å². The predicted octanol–water partition coefficient (Wildman–Crippen LogP) is 1.52. The molecule has 2 aliphatic rings. The first-order valence-electron chi connectivity index (χ1n) is 7.08. The van der Waals surface area contributed by atoms with Crippen LogP contribution in [0.5, 0.6) is 0 Å². The molecule has 0 saturated carbocycles. The van der Waals surface area contributed by atoms with Gasteiger partial charge in [-0.15, -0.1) is 11.3 Å².